The van der Waals surface area contributed by atoms with Crippen molar-refractivity contribution in [1.82, 2.24) is 0 Å². The van der Waals surface area contributed by atoms with Crippen molar-refractivity contribution in [3.05, 3.63) is 23.8 Å². The van der Waals surface area contributed by atoms with E-state index in [1.54, 1.807) is 13.0 Å². The highest BCUT2D eigenvalue weighted by Crippen LogP contribution is 2.56. The van der Waals surface area contributed by atoms with Gasteiger partial charge >= 0.3 is 0 Å². The molecule has 2 fully saturated rings. The molecule has 1 saturated heterocycles. The highest BCUT2D eigenvalue weighted by Gasteiger charge is 2.66. The summed E-state index contributed by atoms with van der Waals surface area (Å²) in [6.07, 6.45) is 2.57. The molecule has 5 atom stereocenters. The Labute approximate surface area is 112 Å². The molecular formula is C15H20O4. The summed E-state index contributed by atoms with van der Waals surface area (Å²) >= 11 is 0. The molecule has 3 rings (SSSR count). The van der Waals surface area contributed by atoms with Gasteiger partial charge in [0, 0.05) is 18.8 Å². The lowest BCUT2D eigenvalue weighted by Gasteiger charge is -2.52. The van der Waals surface area contributed by atoms with Gasteiger partial charge in [0.2, 0.25) is 0 Å². The first kappa shape index (κ1) is 13.0. The maximum Gasteiger partial charge on any atom is 0.200 e. The quantitative estimate of drug-likeness (QED) is 0.645. The highest BCUT2D eigenvalue weighted by molar-refractivity contribution is 5.96. The minimum Gasteiger partial charge on any atom is -0.379 e. The van der Waals surface area contributed by atoms with E-state index < -0.39 is 11.4 Å². The molecule has 0 aromatic carbocycles. The van der Waals surface area contributed by atoms with Crippen molar-refractivity contribution in [2.24, 2.45) is 17.8 Å². The molecule has 3 aliphatic rings. The van der Waals surface area contributed by atoms with E-state index in [0.717, 1.165) is 0 Å². The minimum absolute atomic E-state index is 0.0416. The van der Waals surface area contributed by atoms with Crippen molar-refractivity contribution in [1.29, 1.82) is 0 Å². The van der Waals surface area contributed by atoms with E-state index in [-0.39, 0.29) is 30.1 Å². The number of aliphatic hydroxyl groups is 2. The molecule has 0 bridgehead atoms. The Morgan fingerprint density at radius 2 is 2.16 bits per heavy atom. The SMILES string of the molecule is C=C1COC2(O)CC(C)C3CC(=O)C(C)=CC3C12O. The molecule has 2 N–H and O–H groups in total. The Morgan fingerprint density at radius 1 is 1.47 bits per heavy atom. The van der Waals surface area contributed by atoms with Gasteiger partial charge in [0.15, 0.2) is 11.6 Å². The number of ketones is 1. The first-order chi connectivity index (χ1) is 8.79. The van der Waals surface area contributed by atoms with E-state index in [4.69, 9.17) is 4.74 Å². The fraction of sp³-hybridized carbons (Fsp3) is 0.667. The predicted octanol–water partition coefficient (Wildman–Crippen LogP) is 1.18. The number of fused-ring (bicyclic) bond motifs is 3. The van der Waals surface area contributed by atoms with Crippen molar-refractivity contribution in [3.63, 3.8) is 0 Å². The topological polar surface area (TPSA) is 66.8 Å². The molecule has 2 aliphatic carbocycles. The summed E-state index contributed by atoms with van der Waals surface area (Å²) < 4.78 is 5.43. The molecule has 104 valence electrons. The Hall–Kier alpha value is -0.970. The van der Waals surface area contributed by atoms with Crippen molar-refractivity contribution in [2.75, 3.05) is 6.61 Å². The maximum absolute atomic E-state index is 11.9. The van der Waals surface area contributed by atoms with Crippen LogP contribution < -0.4 is 0 Å². The lowest BCUT2D eigenvalue weighted by molar-refractivity contribution is -0.293. The van der Waals surface area contributed by atoms with Crippen molar-refractivity contribution < 1.29 is 19.7 Å². The van der Waals surface area contributed by atoms with Gasteiger partial charge in [0.25, 0.3) is 0 Å². The van der Waals surface area contributed by atoms with E-state index in [9.17, 15) is 15.0 Å². The number of Topliss-reactive ketones (excluding diaryl/α,β-unsaturated/α-hetero) is 1. The standard InChI is InChI=1S/C15H20O4/c1-8-4-12-11(5-13(8)16)9(2)6-14(17)15(12,18)10(3)7-19-14/h4,9,11-12,17-18H,3,5-7H2,1-2H3. The first-order valence-corrected chi connectivity index (χ1v) is 6.78. The van der Waals surface area contributed by atoms with Gasteiger partial charge in [0.1, 0.15) is 5.60 Å². The molecule has 19 heavy (non-hydrogen) atoms. The summed E-state index contributed by atoms with van der Waals surface area (Å²) in [6.45, 7) is 7.80. The van der Waals surface area contributed by atoms with Gasteiger partial charge in [-0.05, 0) is 29.9 Å². The van der Waals surface area contributed by atoms with Crippen LogP contribution in [0.25, 0.3) is 0 Å². The maximum atomic E-state index is 11.9. The van der Waals surface area contributed by atoms with E-state index in [1.165, 1.54) is 0 Å². The van der Waals surface area contributed by atoms with E-state index >= 15 is 0 Å². The first-order valence-electron chi connectivity index (χ1n) is 6.78. The second kappa shape index (κ2) is 3.78. The van der Waals surface area contributed by atoms with Crippen LogP contribution in [0, 0.1) is 17.8 Å². The number of rotatable bonds is 0. The summed E-state index contributed by atoms with van der Waals surface area (Å²) in [5.41, 5.74) is -0.298. The molecular weight excluding hydrogens is 244 g/mol. The molecule has 4 nitrogen and oxygen atoms in total. The Bertz CT molecular complexity index is 494. The third kappa shape index (κ3) is 1.48. The normalized spacial score (nSPS) is 49.7. The molecule has 0 radical (unpaired) electrons. The van der Waals surface area contributed by atoms with Gasteiger partial charge in [-0.3, -0.25) is 4.79 Å². The number of hydrogen-bond acceptors (Lipinski definition) is 4. The van der Waals surface area contributed by atoms with Crippen LogP contribution in [0.1, 0.15) is 26.7 Å². The van der Waals surface area contributed by atoms with E-state index in [1.807, 2.05) is 6.92 Å². The zero-order valence-corrected chi connectivity index (χ0v) is 11.3. The molecule has 0 aromatic heterocycles. The fourth-order valence-corrected chi connectivity index (χ4v) is 3.97. The lowest BCUT2D eigenvalue weighted by Crippen LogP contribution is -2.63. The number of ether oxygens (including phenoxy) is 1. The van der Waals surface area contributed by atoms with Gasteiger partial charge in [0.05, 0.1) is 6.61 Å². The summed E-state index contributed by atoms with van der Waals surface area (Å²) in [7, 11) is 0. The van der Waals surface area contributed by atoms with Gasteiger partial charge in [-0.2, -0.15) is 0 Å². The summed E-state index contributed by atoms with van der Waals surface area (Å²) in [5.74, 6) is -1.57. The van der Waals surface area contributed by atoms with Crippen LogP contribution in [0.5, 0.6) is 0 Å². The molecule has 1 heterocycles. The monoisotopic (exact) mass is 264 g/mol. The molecule has 1 saturated carbocycles. The van der Waals surface area contributed by atoms with Crippen molar-refractivity contribution >= 4 is 5.78 Å². The number of allylic oxidation sites excluding steroid dienone is 1. The van der Waals surface area contributed by atoms with E-state index in [2.05, 4.69) is 6.58 Å². The molecule has 0 amide bonds. The molecule has 5 unspecified atom stereocenters. The van der Waals surface area contributed by atoms with Gasteiger partial charge in [-0.25, -0.2) is 0 Å². The Kier molecular flexibility index (Phi) is 2.59. The van der Waals surface area contributed by atoms with Crippen LogP contribution in [0.4, 0.5) is 0 Å². The number of carbonyl (C=O) groups is 1. The Balaban J connectivity index is 2.13. The fourth-order valence-electron chi connectivity index (χ4n) is 3.97. The Morgan fingerprint density at radius 3 is 2.84 bits per heavy atom. The predicted molar refractivity (Wildman–Crippen MR) is 69.1 cm³/mol. The molecule has 0 aromatic rings. The van der Waals surface area contributed by atoms with Crippen LogP contribution in [0.3, 0.4) is 0 Å². The largest absolute Gasteiger partial charge is 0.379 e. The molecule has 4 heteroatoms. The average Bonchev–Trinajstić information content (AvgIpc) is 2.57. The molecule has 1 aliphatic heterocycles. The third-order valence-electron chi connectivity index (χ3n) is 5.18. The smallest absolute Gasteiger partial charge is 0.200 e. The van der Waals surface area contributed by atoms with Crippen LogP contribution in [-0.4, -0.2) is 34.0 Å². The lowest BCUT2D eigenvalue weighted by atomic mass is 9.57. The number of carbonyl (C=O) groups excluding carboxylic acids is 1. The zero-order valence-electron chi connectivity index (χ0n) is 11.3. The minimum atomic E-state index is -1.57. The third-order valence-corrected chi connectivity index (χ3v) is 5.18. The zero-order chi connectivity index (χ0) is 14.0. The van der Waals surface area contributed by atoms with Crippen LogP contribution in [-0.2, 0) is 9.53 Å². The van der Waals surface area contributed by atoms with Gasteiger partial charge in [-0.15, -0.1) is 0 Å². The second-order valence-corrected chi connectivity index (χ2v) is 6.29. The summed E-state index contributed by atoms with van der Waals surface area (Å²) in [6, 6.07) is 0. The summed E-state index contributed by atoms with van der Waals surface area (Å²) in [4.78, 5) is 11.9. The van der Waals surface area contributed by atoms with Crippen LogP contribution in [0.15, 0.2) is 23.8 Å². The van der Waals surface area contributed by atoms with Gasteiger partial charge < -0.3 is 14.9 Å². The average molecular weight is 264 g/mol. The number of hydrogen-bond donors (Lipinski definition) is 2. The van der Waals surface area contributed by atoms with Gasteiger partial charge in [-0.1, -0.05) is 19.6 Å². The van der Waals surface area contributed by atoms with Crippen LogP contribution >= 0.6 is 0 Å². The van der Waals surface area contributed by atoms with Crippen LogP contribution in [0.2, 0.25) is 0 Å². The second-order valence-electron chi connectivity index (χ2n) is 6.29. The van der Waals surface area contributed by atoms with Crippen molar-refractivity contribution in [2.45, 2.75) is 38.1 Å². The summed E-state index contributed by atoms with van der Waals surface area (Å²) in [5, 5.41) is 21.7. The highest BCUT2D eigenvalue weighted by atomic mass is 16.6. The van der Waals surface area contributed by atoms with E-state index in [0.29, 0.717) is 24.0 Å². The van der Waals surface area contributed by atoms with Crippen molar-refractivity contribution in [3.8, 4) is 0 Å². The molecule has 0 spiro atoms.